The van der Waals surface area contributed by atoms with Gasteiger partial charge in [0, 0.05) is 10.1 Å². The van der Waals surface area contributed by atoms with E-state index in [9.17, 15) is 0 Å². The highest BCUT2D eigenvalue weighted by Crippen LogP contribution is 2.07. The second-order valence-electron chi connectivity index (χ2n) is 3.81. The van der Waals surface area contributed by atoms with Gasteiger partial charge in [-0.05, 0) is 48.3 Å². The van der Waals surface area contributed by atoms with Crippen molar-refractivity contribution in [3.05, 3.63) is 24.5 Å². The third kappa shape index (κ3) is 10.2. The minimum atomic E-state index is 0.376. The molecule has 0 atom stereocenters. The van der Waals surface area contributed by atoms with E-state index in [2.05, 4.69) is 42.1 Å². The van der Waals surface area contributed by atoms with Gasteiger partial charge >= 0.3 is 0 Å². The Kier molecular flexibility index (Phi) is 10.5. The first-order valence-corrected chi connectivity index (χ1v) is 6.25. The fourth-order valence-electron chi connectivity index (χ4n) is 1.45. The lowest BCUT2D eigenvalue weighted by Gasteiger charge is -2.00. The highest BCUT2D eigenvalue weighted by molar-refractivity contribution is 4.81. The van der Waals surface area contributed by atoms with Crippen LogP contribution >= 0.6 is 0 Å². The molecule has 0 fully saturated rings. The van der Waals surface area contributed by atoms with Gasteiger partial charge in [0.15, 0.2) is 0 Å². The molecule has 6 nitrogen and oxygen atoms in total. The van der Waals surface area contributed by atoms with Gasteiger partial charge in [0.05, 0.1) is 6.61 Å². The Hall–Kier alpha value is -0.920. The van der Waals surface area contributed by atoms with E-state index in [4.69, 9.17) is 0 Å². The van der Waals surface area contributed by atoms with Crippen molar-refractivity contribution in [1.29, 1.82) is 0 Å². The molecule has 104 valence electrons. The van der Waals surface area contributed by atoms with Crippen molar-refractivity contribution in [2.45, 2.75) is 44.9 Å². The molecule has 1 heterocycles. The first-order valence-electron chi connectivity index (χ1n) is 6.25. The zero-order valence-electron chi connectivity index (χ0n) is 10.4. The number of rotatable bonds is 0. The Morgan fingerprint density at radius 3 is 2.22 bits per heavy atom. The van der Waals surface area contributed by atoms with Gasteiger partial charge in [-0.2, -0.15) is 0 Å². The van der Waals surface area contributed by atoms with Crippen LogP contribution in [0.2, 0.25) is 0 Å². The standard InChI is InChI=1S/C12H20O6/c1-2-4-6-8-10-12-14-16-18-17-15-13-11-9-7-5-3-1/h5,7,10,12H,1-4,6,8-9,11H2. The summed E-state index contributed by atoms with van der Waals surface area (Å²) in [6, 6.07) is 0. The summed E-state index contributed by atoms with van der Waals surface area (Å²) < 4.78 is 0. The molecule has 0 spiro atoms. The van der Waals surface area contributed by atoms with Crippen LogP contribution in [0.5, 0.6) is 0 Å². The molecule has 6 heteroatoms. The van der Waals surface area contributed by atoms with E-state index in [1.165, 1.54) is 25.5 Å². The summed E-state index contributed by atoms with van der Waals surface area (Å²) in [7, 11) is 0. The normalized spacial score (nSPS) is 21.8. The van der Waals surface area contributed by atoms with Crippen molar-refractivity contribution in [1.82, 2.24) is 0 Å². The monoisotopic (exact) mass is 260 g/mol. The van der Waals surface area contributed by atoms with Crippen LogP contribution in [-0.4, -0.2) is 6.61 Å². The summed E-state index contributed by atoms with van der Waals surface area (Å²) in [5.41, 5.74) is 0. The molecule has 0 aliphatic carbocycles. The molecule has 0 saturated heterocycles. The van der Waals surface area contributed by atoms with E-state index in [1.807, 2.05) is 6.08 Å². The van der Waals surface area contributed by atoms with Crippen LogP contribution in [0.4, 0.5) is 0 Å². The highest BCUT2D eigenvalue weighted by Gasteiger charge is 1.93. The molecular formula is C12H20O6. The minimum Gasteiger partial charge on any atom is -0.314 e. The van der Waals surface area contributed by atoms with Crippen LogP contribution < -0.4 is 0 Å². The quantitative estimate of drug-likeness (QED) is 0.491. The van der Waals surface area contributed by atoms with Crippen molar-refractivity contribution in [2.75, 3.05) is 6.61 Å². The third-order valence-corrected chi connectivity index (χ3v) is 2.35. The Balaban J connectivity index is 2.12. The highest BCUT2D eigenvalue weighted by atomic mass is 17.8. The fraction of sp³-hybridized carbons (Fsp3) is 0.667. The van der Waals surface area contributed by atoms with E-state index in [0.29, 0.717) is 6.61 Å². The number of hydrogen-bond donors (Lipinski definition) is 0. The zero-order chi connectivity index (χ0) is 12.7. The summed E-state index contributed by atoms with van der Waals surface area (Å²) in [5.74, 6) is 0. The van der Waals surface area contributed by atoms with E-state index in [0.717, 1.165) is 25.7 Å². The molecule has 0 bridgehead atoms. The average molecular weight is 260 g/mol. The largest absolute Gasteiger partial charge is 0.314 e. The number of hydrogen-bond acceptors (Lipinski definition) is 6. The lowest BCUT2D eigenvalue weighted by Crippen LogP contribution is -1.99. The third-order valence-electron chi connectivity index (χ3n) is 2.35. The van der Waals surface area contributed by atoms with Crippen LogP contribution in [0, 0.1) is 0 Å². The summed E-state index contributed by atoms with van der Waals surface area (Å²) in [4.78, 5) is 9.13. The second-order valence-corrected chi connectivity index (χ2v) is 3.81. The predicted octanol–water partition coefficient (Wildman–Crippen LogP) is 3.48. The Labute approximate surface area is 107 Å². The van der Waals surface area contributed by atoms with Crippen LogP contribution in [0.1, 0.15) is 44.9 Å². The van der Waals surface area contributed by atoms with Gasteiger partial charge in [-0.3, -0.25) is 0 Å². The zero-order valence-corrected chi connectivity index (χ0v) is 10.4. The van der Waals surface area contributed by atoms with E-state index in [-0.39, 0.29) is 0 Å². The van der Waals surface area contributed by atoms with E-state index in [1.54, 1.807) is 0 Å². The second kappa shape index (κ2) is 12.5. The van der Waals surface area contributed by atoms with Gasteiger partial charge in [0.1, 0.15) is 6.26 Å². The molecule has 0 aromatic rings. The topological polar surface area (TPSA) is 55.4 Å². The number of allylic oxidation sites excluding steroid dienone is 2. The molecule has 0 saturated carbocycles. The van der Waals surface area contributed by atoms with E-state index >= 15 is 0 Å². The van der Waals surface area contributed by atoms with Gasteiger partial charge in [-0.1, -0.05) is 25.0 Å². The predicted molar refractivity (Wildman–Crippen MR) is 62.0 cm³/mol. The van der Waals surface area contributed by atoms with Crippen molar-refractivity contribution < 1.29 is 29.9 Å². The molecule has 0 amide bonds. The van der Waals surface area contributed by atoms with Crippen molar-refractivity contribution in [3.63, 3.8) is 0 Å². The molecule has 0 unspecified atom stereocenters. The summed E-state index contributed by atoms with van der Waals surface area (Å²) in [5, 5.41) is 16.4. The average Bonchev–Trinajstić information content (AvgIpc) is 2.39. The minimum absolute atomic E-state index is 0.376. The molecule has 0 aromatic heterocycles. The van der Waals surface area contributed by atoms with Crippen LogP contribution in [0.15, 0.2) is 24.5 Å². The van der Waals surface area contributed by atoms with Crippen molar-refractivity contribution in [2.24, 2.45) is 0 Å². The molecule has 0 aromatic carbocycles. The lowest BCUT2D eigenvalue weighted by molar-refractivity contribution is -0.751. The maximum atomic E-state index is 4.63. The van der Waals surface area contributed by atoms with Crippen LogP contribution in [0.3, 0.4) is 0 Å². The molecule has 1 aliphatic heterocycles. The maximum Gasteiger partial charge on any atom is 0.129 e. The Morgan fingerprint density at radius 2 is 1.33 bits per heavy atom. The Bertz CT molecular complexity index is 205. The smallest absolute Gasteiger partial charge is 0.129 e. The molecule has 18 heavy (non-hydrogen) atoms. The molecule has 1 aliphatic rings. The molecule has 1 rings (SSSR count). The summed E-state index contributed by atoms with van der Waals surface area (Å²) in [6.07, 6.45) is 15.1. The van der Waals surface area contributed by atoms with Crippen molar-refractivity contribution >= 4 is 0 Å². The SMILES string of the molecule is C1=CCCOOOOOOC=CCCCCCC1. The van der Waals surface area contributed by atoms with Gasteiger partial charge in [0.25, 0.3) is 0 Å². The maximum absolute atomic E-state index is 4.63. The first kappa shape index (κ1) is 15.1. The fourth-order valence-corrected chi connectivity index (χ4v) is 1.45. The summed E-state index contributed by atoms with van der Waals surface area (Å²) >= 11 is 0. The van der Waals surface area contributed by atoms with Crippen molar-refractivity contribution in [3.8, 4) is 0 Å². The molecule has 0 radical (unpaired) electrons. The van der Waals surface area contributed by atoms with Gasteiger partial charge < -0.3 is 4.89 Å². The van der Waals surface area contributed by atoms with Gasteiger partial charge in [-0.15, -0.1) is 0 Å². The van der Waals surface area contributed by atoms with Gasteiger partial charge in [-0.25, -0.2) is 4.89 Å². The molecular weight excluding hydrogens is 240 g/mol. The van der Waals surface area contributed by atoms with E-state index < -0.39 is 0 Å². The van der Waals surface area contributed by atoms with Crippen LogP contribution in [-0.2, 0) is 29.9 Å². The first-order chi connectivity index (χ1) is 9.00. The lowest BCUT2D eigenvalue weighted by atomic mass is 10.1. The van der Waals surface area contributed by atoms with Gasteiger partial charge in [0.2, 0.25) is 0 Å². The Morgan fingerprint density at radius 1 is 0.611 bits per heavy atom. The summed E-state index contributed by atoms with van der Waals surface area (Å²) in [6.45, 7) is 0.376. The van der Waals surface area contributed by atoms with Crippen LogP contribution in [0.25, 0.3) is 0 Å². The molecule has 0 N–H and O–H groups in total.